The van der Waals surface area contributed by atoms with E-state index in [0.717, 1.165) is 11.1 Å². The standard InChI is InChI=1S/C21H25NO3/c1-15(2)21(17-8-6-5-7-9-17)22-20(23)13-11-16-10-12-18(24-3)19(14-16)25-4/h5-15,21H,1-4H3,(H,22,23)/b13-11+. The third-order valence-corrected chi connectivity index (χ3v) is 3.96. The van der Waals surface area contributed by atoms with Gasteiger partial charge in [-0.05, 0) is 35.3 Å². The molecule has 2 aromatic rings. The van der Waals surface area contributed by atoms with E-state index in [4.69, 9.17) is 9.47 Å². The number of hydrogen-bond acceptors (Lipinski definition) is 3. The zero-order valence-corrected chi connectivity index (χ0v) is 15.2. The highest BCUT2D eigenvalue weighted by Crippen LogP contribution is 2.28. The van der Waals surface area contributed by atoms with E-state index in [1.54, 1.807) is 26.4 Å². The van der Waals surface area contributed by atoms with E-state index < -0.39 is 0 Å². The van der Waals surface area contributed by atoms with Crippen molar-refractivity contribution in [3.05, 3.63) is 65.7 Å². The molecule has 0 saturated carbocycles. The number of nitrogens with one attached hydrogen (secondary N) is 1. The summed E-state index contributed by atoms with van der Waals surface area (Å²) in [7, 11) is 3.18. The fourth-order valence-electron chi connectivity index (χ4n) is 2.63. The molecule has 0 aliphatic carbocycles. The third kappa shape index (κ3) is 5.11. The molecule has 4 nitrogen and oxygen atoms in total. The molecule has 2 aromatic carbocycles. The molecule has 1 amide bonds. The SMILES string of the molecule is COc1ccc(/C=C/C(=O)NC(c2ccccc2)C(C)C)cc1OC. The van der Waals surface area contributed by atoms with Crippen LogP contribution in [0.2, 0.25) is 0 Å². The normalized spacial score (nSPS) is 12.2. The molecule has 0 fully saturated rings. The fraction of sp³-hybridized carbons (Fsp3) is 0.286. The molecule has 0 aromatic heterocycles. The fourth-order valence-corrected chi connectivity index (χ4v) is 2.63. The van der Waals surface area contributed by atoms with Crippen LogP contribution in [0.15, 0.2) is 54.6 Å². The van der Waals surface area contributed by atoms with Gasteiger partial charge in [-0.3, -0.25) is 4.79 Å². The maximum atomic E-state index is 12.3. The van der Waals surface area contributed by atoms with Crippen molar-refractivity contribution in [3.63, 3.8) is 0 Å². The molecule has 0 aliphatic rings. The zero-order valence-electron chi connectivity index (χ0n) is 15.2. The minimum absolute atomic E-state index is 0.0243. The summed E-state index contributed by atoms with van der Waals surface area (Å²) in [5.41, 5.74) is 1.97. The van der Waals surface area contributed by atoms with Gasteiger partial charge >= 0.3 is 0 Å². The summed E-state index contributed by atoms with van der Waals surface area (Å²) in [6, 6.07) is 15.5. The Labute approximate surface area is 149 Å². The average Bonchev–Trinajstić information content (AvgIpc) is 2.64. The van der Waals surface area contributed by atoms with Crippen LogP contribution in [0.1, 0.15) is 31.0 Å². The Hall–Kier alpha value is -2.75. The van der Waals surface area contributed by atoms with Gasteiger partial charge in [-0.1, -0.05) is 50.2 Å². The molecule has 0 aliphatic heterocycles. The number of rotatable bonds is 7. The van der Waals surface area contributed by atoms with E-state index in [1.165, 1.54) is 0 Å². The van der Waals surface area contributed by atoms with Crippen molar-refractivity contribution in [2.45, 2.75) is 19.9 Å². The zero-order chi connectivity index (χ0) is 18.2. The molecule has 1 N–H and O–H groups in total. The van der Waals surface area contributed by atoms with Gasteiger partial charge in [-0.25, -0.2) is 0 Å². The van der Waals surface area contributed by atoms with Crippen LogP contribution in [-0.4, -0.2) is 20.1 Å². The number of methoxy groups -OCH3 is 2. The molecule has 25 heavy (non-hydrogen) atoms. The summed E-state index contributed by atoms with van der Waals surface area (Å²) in [4.78, 5) is 12.3. The number of carbonyl (C=O) groups is 1. The Bertz CT molecular complexity index is 723. The topological polar surface area (TPSA) is 47.6 Å². The Morgan fingerprint density at radius 3 is 2.28 bits per heavy atom. The van der Waals surface area contributed by atoms with Gasteiger partial charge in [0.05, 0.1) is 20.3 Å². The summed E-state index contributed by atoms with van der Waals surface area (Å²) in [6.07, 6.45) is 3.30. The molecular formula is C21H25NO3. The Balaban J connectivity index is 2.09. The maximum Gasteiger partial charge on any atom is 0.244 e. The van der Waals surface area contributed by atoms with E-state index >= 15 is 0 Å². The monoisotopic (exact) mass is 339 g/mol. The van der Waals surface area contributed by atoms with Gasteiger partial charge in [-0.15, -0.1) is 0 Å². The van der Waals surface area contributed by atoms with Gasteiger partial charge in [0.25, 0.3) is 0 Å². The lowest BCUT2D eigenvalue weighted by Gasteiger charge is -2.22. The van der Waals surface area contributed by atoms with Crippen LogP contribution in [0.25, 0.3) is 6.08 Å². The van der Waals surface area contributed by atoms with Crippen LogP contribution >= 0.6 is 0 Å². The van der Waals surface area contributed by atoms with Crippen molar-refractivity contribution in [2.75, 3.05) is 14.2 Å². The smallest absolute Gasteiger partial charge is 0.244 e. The summed E-state index contributed by atoms with van der Waals surface area (Å²) < 4.78 is 10.5. The maximum absolute atomic E-state index is 12.3. The predicted octanol–water partition coefficient (Wildman–Crippen LogP) is 4.23. The van der Waals surface area contributed by atoms with Crippen LogP contribution in [0.3, 0.4) is 0 Å². The van der Waals surface area contributed by atoms with Gasteiger partial charge < -0.3 is 14.8 Å². The lowest BCUT2D eigenvalue weighted by Crippen LogP contribution is -2.30. The molecule has 0 heterocycles. The first-order valence-electron chi connectivity index (χ1n) is 8.30. The van der Waals surface area contributed by atoms with E-state index in [2.05, 4.69) is 19.2 Å². The van der Waals surface area contributed by atoms with Gasteiger partial charge in [0, 0.05) is 6.08 Å². The van der Waals surface area contributed by atoms with Gasteiger partial charge in [-0.2, -0.15) is 0 Å². The van der Waals surface area contributed by atoms with Crippen molar-refractivity contribution in [1.82, 2.24) is 5.32 Å². The number of ether oxygens (including phenoxy) is 2. The van der Waals surface area contributed by atoms with Crippen LogP contribution in [0.4, 0.5) is 0 Å². The quantitative estimate of drug-likeness (QED) is 0.768. The van der Waals surface area contributed by atoms with Gasteiger partial charge in [0.1, 0.15) is 0 Å². The first-order chi connectivity index (χ1) is 12.0. The number of hydrogen-bond donors (Lipinski definition) is 1. The largest absolute Gasteiger partial charge is 0.493 e. The first-order valence-corrected chi connectivity index (χ1v) is 8.30. The van der Waals surface area contributed by atoms with Crippen molar-refractivity contribution in [1.29, 1.82) is 0 Å². The molecular weight excluding hydrogens is 314 g/mol. The number of amides is 1. The van der Waals surface area contributed by atoms with E-state index in [-0.39, 0.29) is 11.9 Å². The highest BCUT2D eigenvalue weighted by atomic mass is 16.5. The summed E-state index contributed by atoms with van der Waals surface area (Å²) >= 11 is 0. The minimum Gasteiger partial charge on any atom is -0.493 e. The molecule has 0 saturated heterocycles. The molecule has 0 bridgehead atoms. The number of carbonyl (C=O) groups excluding carboxylic acids is 1. The highest BCUT2D eigenvalue weighted by molar-refractivity contribution is 5.92. The van der Waals surface area contributed by atoms with E-state index in [9.17, 15) is 4.79 Å². The second kappa shape index (κ2) is 8.92. The van der Waals surface area contributed by atoms with Gasteiger partial charge in [0.2, 0.25) is 5.91 Å². The minimum atomic E-state index is -0.127. The second-order valence-electron chi connectivity index (χ2n) is 6.09. The molecule has 132 valence electrons. The van der Waals surface area contributed by atoms with Crippen molar-refractivity contribution < 1.29 is 14.3 Å². The summed E-state index contributed by atoms with van der Waals surface area (Å²) in [5.74, 6) is 1.46. The summed E-state index contributed by atoms with van der Waals surface area (Å²) in [5, 5.41) is 3.07. The average molecular weight is 339 g/mol. The summed E-state index contributed by atoms with van der Waals surface area (Å²) in [6.45, 7) is 4.19. The highest BCUT2D eigenvalue weighted by Gasteiger charge is 2.16. The molecule has 0 radical (unpaired) electrons. The van der Waals surface area contributed by atoms with Crippen molar-refractivity contribution in [3.8, 4) is 11.5 Å². The Kier molecular flexibility index (Phi) is 6.63. The van der Waals surface area contributed by atoms with Crippen LogP contribution in [0.5, 0.6) is 11.5 Å². The third-order valence-electron chi connectivity index (χ3n) is 3.96. The van der Waals surface area contributed by atoms with E-state index in [1.807, 2.05) is 48.5 Å². The molecule has 2 rings (SSSR count). The van der Waals surface area contributed by atoms with Crippen LogP contribution in [0, 0.1) is 5.92 Å². The van der Waals surface area contributed by atoms with Crippen LogP contribution in [-0.2, 0) is 4.79 Å². The molecule has 0 spiro atoms. The van der Waals surface area contributed by atoms with E-state index in [0.29, 0.717) is 17.4 Å². The van der Waals surface area contributed by atoms with Crippen molar-refractivity contribution >= 4 is 12.0 Å². The Morgan fingerprint density at radius 1 is 1.00 bits per heavy atom. The lowest BCUT2D eigenvalue weighted by molar-refractivity contribution is -0.117. The second-order valence-corrected chi connectivity index (χ2v) is 6.09. The lowest BCUT2D eigenvalue weighted by atomic mass is 9.96. The molecule has 1 unspecified atom stereocenters. The molecule has 1 atom stereocenters. The van der Waals surface area contributed by atoms with Crippen LogP contribution < -0.4 is 14.8 Å². The van der Waals surface area contributed by atoms with Crippen molar-refractivity contribution in [2.24, 2.45) is 5.92 Å². The van der Waals surface area contributed by atoms with Gasteiger partial charge in [0.15, 0.2) is 11.5 Å². The molecule has 4 heteroatoms. The first kappa shape index (κ1) is 18.6. The Morgan fingerprint density at radius 2 is 1.68 bits per heavy atom. The predicted molar refractivity (Wildman–Crippen MR) is 101 cm³/mol. The number of benzene rings is 2.